The van der Waals surface area contributed by atoms with Gasteiger partial charge in [-0.3, -0.25) is 4.79 Å². The van der Waals surface area contributed by atoms with Crippen LogP contribution in [0.5, 0.6) is 0 Å². The lowest BCUT2D eigenvalue weighted by Gasteiger charge is -2.26. The maximum atomic E-state index is 11.8. The van der Waals surface area contributed by atoms with Crippen LogP contribution in [-0.2, 0) is 4.79 Å². The van der Waals surface area contributed by atoms with E-state index < -0.39 is 0 Å². The van der Waals surface area contributed by atoms with Crippen molar-refractivity contribution in [2.45, 2.75) is 19.9 Å². The standard InChI is InChI=1S/C13H19BrN2O/c1-10(2)16(13(17)9-14)12-7-5-11(6-8-12)15(3)4/h5-8,10H,9H2,1-4H3. The number of halogens is 1. The van der Waals surface area contributed by atoms with Crippen molar-refractivity contribution in [2.24, 2.45) is 0 Å². The minimum absolute atomic E-state index is 0.0811. The van der Waals surface area contributed by atoms with Gasteiger partial charge in [0.15, 0.2) is 0 Å². The molecule has 0 aliphatic rings. The van der Waals surface area contributed by atoms with Gasteiger partial charge in [-0.15, -0.1) is 0 Å². The molecule has 0 atom stereocenters. The van der Waals surface area contributed by atoms with Crippen molar-refractivity contribution in [3.63, 3.8) is 0 Å². The third kappa shape index (κ3) is 3.46. The van der Waals surface area contributed by atoms with Gasteiger partial charge in [0.2, 0.25) is 5.91 Å². The molecule has 0 unspecified atom stereocenters. The van der Waals surface area contributed by atoms with E-state index >= 15 is 0 Å². The first-order valence-electron chi connectivity index (χ1n) is 5.62. The lowest BCUT2D eigenvalue weighted by Crippen LogP contribution is -2.37. The SMILES string of the molecule is CC(C)N(C(=O)CBr)c1ccc(N(C)C)cc1. The zero-order valence-electron chi connectivity index (χ0n) is 10.8. The van der Waals surface area contributed by atoms with Crippen molar-refractivity contribution in [2.75, 3.05) is 29.2 Å². The molecule has 17 heavy (non-hydrogen) atoms. The summed E-state index contributed by atoms with van der Waals surface area (Å²) in [5.41, 5.74) is 2.07. The van der Waals surface area contributed by atoms with E-state index in [9.17, 15) is 4.79 Å². The second-order valence-electron chi connectivity index (χ2n) is 4.40. The Kier molecular flexibility index (Phi) is 5.00. The van der Waals surface area contributed by atoms with Crippen molar-refractivity contribution in [3.05, 3.63) is 24.3 Å². The Bertz CT molecular complexity index is 374. The smallest absolute Gasteiger partial charge is 0.237 e. The van der Waals surface area contributed by atoms with Crippen LogP contribution in [0.15, 0.2) is 24.3 Å². The summed E-state index contributed by atoms with van der Waals surface area (Å²) >= 11 is 3.22. The molecule has 0 radical (unpaired) electrons. The molecule has 0 heterocycles. The van der Waals surface area contributed by atoms with Gasteiger partial charge in [-0.2, -0.15) is 0 Å². The van der Waals surface area contributed by atoms with Gasteiger partial charge in [-0.25, -0.2) is 0 Å². The number of benzene rings is 1. The summed E-state index contributed by atoms with van der Waals surface area (Å²) in [7, 11) is 4.00. The third-order valence-electron chi connectivity index (χ3n) is 2.54. The van der Waals surface area contributed by atoms with Gasteiger partial charge in [-0.1, -0.05) is 15.9 Å². The van der Waals surface area contributed by atoms with E-state index in [1.807, 2.05) is 57.1 Å². The quantitative estimate of drug-likeness (QED) is 0.798. The Morgan fingerprint density at radius 1 is 1.18 bits per heavy atom. The molecule has 0 aliphatic carbocycles. The Balaban J connectivity index is 3.00. The number of rotatable bonds is 4. The molecule has 0 saturated carbocycles. The summed E-state index contributed by atoms with van der Waals surface area (Å²) < 4.78 is 0. The topological polar surface area (TPSA) is 23.6 Å². The van der Waals surface area contributed by atoms with Crippen LogP contribution in [0, 0.1) is 0 Å². The minimum Gasteiger partial charge on any atom is -0.378 e. The summed E-state index contributed by atoms with van der Waals surface area (Å²) in [6.45, 7) is 4.03. The van der Waals surface area contributed by atoms with Crippen LogP contribution < -0.4 is 9.80 Å². The molecular formula is C13H19BrN2O. The predicted octanol–water partition coefficient (Wildman–Crippen LogP) is 2.89. The summed E-state index contributed by atoms with van der Waals surface area (Å²) in [5.74, 6) is 0.0811. The Labute approximate surface area is 112 Å². The molecule has 1 rings (SSSR count). The first-order valence-corrected chi connectivity index (χ1v) is 6.75. The number of alkyl halides is 1. The van der Waals surface area contributed by atoms with E-state index in [-0.39, 0.29) is 11.9 Å². The Morgan fingerprint density at radius 3 is 2.00 bits per heavy atom. The number of hydrogen-bond donors (Lipinski definition) is 0. The van der Waals surface area contributed by atoms with Crippen LogP contribution in [0.4, 0.5) is 11.4 Å². The number of anilines is 2. The molecule has 4 heteroatoms. The van der Waals surface area contributed by atoms with Gasteiger partial charge in [0.25, 0.3) is 0 Å². The molecule has 0 aromatic heterocycles. The highest BCUT2D eigenvalue weighted by Gasteiger charge is 2.17. The number of carbonyl (C=O) groups is 1. The molecule has 0 fully saturated rings. The van der Waals surface area contributed by atoms with Crippen molar-refractivity contribution < 1.29 is 4.79 Å². The minimum atomic E-state index is 0.0811. The highest BCUT2D eigenvalue weighted by Crippen LogP contribution is 2.21. The molecule has 0 saturated heterocycles. The maximum absolute atomic E-state index is 11.8. The van der Waals surface area contributed by atoms with Gasteiger partial charge in [-0.05, 0) is 38.1 Å². The Hall–Kier alpha value is -1.03. The zero-order chi connectivity index (χ0) is 13.0. The van der Waals surface area contributed by atoms with Crippen LogP contribution in [0.2, 0.25) is 0 Å². The van der Waals surface area contributed by atoms with Crippen molar-refractivity contribution >= 4 is 33.2 Å². The fraction of sp³-hybridized carbons (Fsp3) is 0.462. The van der Waals surface area contributed by atoms with Crippen molar-refractivity contribution in [1.29, 1.82) is 0 Å². The van der Waals surface area contributed by atoms with E-state index in [4.69, 9.17) is 0 Å². The first-order chi connectivity index (χ1) is 7.97. The number of amides is 1. The average Bonchev–Trinajstić information content (AvgIpc) is 2.29. The number of nitrogens with zero attached hydrogens (tertiary/aromatic N) is 2. The molecule has 1 amide bonds. The maximum Gasteiger partial charge on any atom is 0.237 e. The van der Waals surface area contributed by atoms with E-state index in [1.165, 1.54) is 0 Å². The summed E-state index contributed by atoms with van der Waals surface area (Å²) in [6, 6.07) is 8.16. The van der Waals surface area contributed by atoms with Crippen LogP contribution in [0.1, 0.15) is 13.8 Å². The monoisotopic (exact) mass is 298 g/mol. The third-order valence-corrected chi connectivity index (χ3v) is 3.02. The van der Waals surface area contributed by atoms with Gasteiger partial charge in [0, 0.05) is 31.5 Å². The number of hydrogen-bond acceptors (Lipinski definition) is 2. The number of carbonyl (C=O) groups excluding carboxylic acids is 1. The molecule has 94 valence electrons. The van der Waals surface area contributed by atoms with E-state index in [0.717, 1.165) is 11.4 Å². The Morgan fingerprint density at radius 2 is 1.65 bits per heavy atom. The van der Waals surface area contributed by atoms with E-state index in [1.54, 1.807) is 4.90 Å². The molecule has 0 spiro atoms. The second kappa shape index (κ2) is 6.05. The average molecular weight is 299 g/mol. The van der Waals surface area contributed by atoms with Crippen molar-refractivity contribution in [3.8, 4) is 0 Å². The van der Waals surface area contributed by atoms with Crippen LogP contribution in [0.25, 0.3) is 0 Å². The fourth-order valence-corrected chi connectivity index (χ4v) is 1.98. The molecule has 0 bridgehead atoms. The highest BCUT2D eigenvalue weighted by molar-refractivity contribution is 9.09. The predicted molar refractivity (Wildman–Crippen MR) is 77.2 cm³/mol. The van der Waals surface area contributed by atoms with E-state index in [0.29, 0.717) is 5.33 Å². The van der Waals surface area contributed by atoms with Gasteiger partial charge < -0.3 is 9.80 Å². The normalized spacial score (nSPS) is 10.5. The summed E-state index contributed by atoms with van der Waals surface area (Å²) in [4.78, 5) is 15.7. The molecule has 1 aromatic rings. The van der Waals surface area contributed by atoms with Gasteiger partial charge in [0.05, 0.1) is 5.33 Å². The molecule has 3 nitrogen and oxygen atoms in total. The lowest BCUT2D eigenvalue weighted by molar-refractivity contribution is -0.116. The first kappa shape index (κ1) is 14.0. The molecule has 0 aliphatic heterocycles. The van der Waals surface area contributed by atoms with E-state index in [2.05, 4.69) is 15.9 Å². The highest BCUT2D eigenvalue weighted by atomic mass is 79.9. The van der Waals surface area contributed by atoms with Crippen LogP contribution in [0.3, 0.4) is 0 Å². The molecule has 0 N–H and O–H groups in total. The zero-order valence-corrected chi connectivity index (χ0v) is 12.4. The van der Waals surface area contributed by atoms with Gasteiger partial charge in [0.1, 0.15) is 0 Å². The lowest BCUT2D eigenvalue weighted by atomic mass is 10.2. The largest absolute Gasteiger partial charge is 0.378 e. The molecule has 1 aromatic carbocycles. The second-order valence-corrected chi connectivity index (χ2v) is 4.96. The van der Waals surface area contributed by atoms with Crippen LogP contribution in [-0.4, -0.2) is 31.4 Å². The van der Waals surface area contributed by atoms with Crippen LogP contribution >= 0.6 is 15.9 Å². The fourth-order valence-electron chi connectivity index (χ4n) is 1.71. The molecular weight excluding hydrogens is 280 g/mol. The summed E-state index contributed by atoms with van der Waals surface area (Å²) in [5, 5.41) is 0.348. The van der Waals surface area contributed by atoms with Gasteiger partial charge >= 0.3 is 0 Å². The summed E-state index contributed by atoms with van der Waals surface area (Å²) in [6.07, 6.45) is 0. The van der Waals surface area contributed by atoms with Crippen molar-refractivity contribution in [1.82, 2.24) is 0 Å².